The number of aryl methyl sites for hydroxylation is 2. The minimum Gasteiger partial charge on any atom is -0.364 e. The van der Waals surface area contributed by atoms with Gasteiger partial charge in [0, 0.05) is 23.9 Å². The largest absolute Gasteiger partial charge is 0.364 e. The first-order valence-electron chi connectivity index (χ1n) is 8.39. The van der Waals surface area contributed by atoms with Gasteiger partial charge in [0.1, 0.15) is 5.82 Å². The van der Waals surface area contributed by atoms with E-state index in [1.165, 1.54) is 12.1 Å². The molecule has 3 aromatic rings. The van der Waals surface area contributed by atoms with Crippen molar-refractivity contribution in [2.45, 2.75) is 25.8 Å². The van der Waals surface area contributed by atoms with Crippen molar-refractivity contribution in [3.8, 4) is 22.8 Å². The van der Waals surface area contributed by atoms with E-state index in [1.54, 1.807) is 23.0 Å². The standard InChI is InChI=1S/C19H17FN5O/c1-2-9-25-17-14(16(24-25)18(21)26)8-5-12-10-22-19(23-15(12)17)11-3-6-13(20)7-4-11/h3-4,6-7,10H,1-2,5,8-9H2,(H2,21,26). The summed E-state index contributed by atoms with van der Waals surface area (Å²) in [5, 5.41) is 4.39. The van der Waals surface area contributed by atoms with E-state index in [0.717, 1.165) is 28.1 Å². The van der Waals surface area contributed by atoms with Gasteiger partial charge in [0.2, 0.25) is 0 Å². The van der Waals surface area contributed by atoms with E-state index in [2.05, 4.69) is 17.0 Å². The Kier molecular flexibility index (Phi) is 3.99. The molecule has 1 aromatic carbocycles. The zero-order valence-corrected chi connectivity index (χ0v) is 14.1. The minimum absolute atomic E-state index is 0.293. The number of fused-ring (bicyclic) bond motifs is 3. The highest BCUT2D eigenvalue weighted by Gasteiger charge is 2.28. The van der Waals surface area contributed by atoms with E-state index >= 15 is 0 Å². The van der Waals surface area contributed by atoms with Gasteiger partial charge in [-0.05, 0) is 49.1 Å². The van der Waals surface area contributed by atoms with Crippen LogP contribution in [0, 0.1) is 12.7 Å². The van der Waals surface area contributed by atoms with E-state index in [9.17, 15) is 9.18 Å². The van der Waals surface area contributed by atoms with Crippen molar-refractivity contribution in [2.24, 2.45) is 5.73 Å². The van der Waals surface area contributed by atoms with Crippen LogP contribution in [0.15, 0.2) is 30.5 Å². The number of amides is 1. The Labute approximate surface area is 149 Å². The predicted molar refractivity (Wildman–Crippen MR) is 94.5 cm³/mol. The van der Waals surface area contributed by atoms with Gasteiger partial charge < -0.3 is 5.73 Å². The van der Waals surface area contributed by atoms with Crippen molar-refractivity contribution < 1.29 is 9.18 Å². The van der Waals surface area contributed by atoms with Gasteiger partial charge >= 0.3 is 0 Å². The van der Waals surface area contributed by atoms with Crippen LogP contribution in [0.5, 0.6) is 0 Å². The zero-order chi connectivity index (χ0) is 18.3. The van der Waals surface area contributed by atoms with Gasteiger partial charge in [-0.2, -0.15) is 5.10 Å². The third-order valence-corrected chi connectivity index (χ3v) is 4.49. The average molecular weight is 350 g/mol. The molecule has 0 spiro atoms. The quantitative estimate of drug-likeness (QED) is 0.783. The van der Waals surface area contributed by atoms with E-state index in [0.29, 0.717) is 37.3 Å². The van der Waals surface area contributed by atoms with Crippen molar-refractivity contribution in [1.82, 2.24) is 19.7 Å². The number of carbonyl (C=O) groups excluding carboxylic acids is 1. The number of nitrogens with zero attached hydrogens (tertiary/aromatic N) is 4. The monoisotopic (exact) mass is 350 g/mol. The number of hydrogen-bond acceptors (Lipinski definition) is 4. The summed E-state index contributed by atoms with van der Waals surface area (Å²) in [6.07, 6.45) is 3.78. The first-order valence-corrected chi connectivity index (χ1v) is 8.39. The molecule has 6 nitrogen and oxygen atoms in total. The van der Waals surface area contributed by atoms with Crippen LogP contribution in [0.25, 0.3) is 22.8 Å². The summed E-state index contributed by atoms with van der Waals surface area (Å²) in [7, 11) is 0. The number of primary amides is 1. The number of hydrogen-bond donors (Lipinski definition) is 1. The second kappa shape index (κ2) is 6.33. The Morgan fingerprint density at radius 2 is 2.04 bits per heavy atom. The lowest BCUT2D eigenvalue weighted by atomic mass is 9.93. The van der Waals surface area contributed by atoms with Crippen LogP contribution < -0.4 is 5.73 Å². The van der Waals surface area contributed by atoms with Crippen LogP contribution in [-0.2, 0) is 19.4 Å². The number of nitrogens with two attached hydrogens (primary N) is 1. The maximum atomic E-state index is 13.2. The second-order valence-electron chi connectivity index (χ2n) is 6.19. The SMILES string of the molecule is [CH2]CCn1nc(C(N)=O)c2c1-c1nc(-c3ccc(F)cc3)ncc1CC2. The summed E-state index contributed by atoms with van der Waals surface area (Å²) in [5.41, 5.74) is 9.88. The first-order chi connectivity index (χ1) is 12.6. The Morgan fingerprint density at radius 3 is 2.73 bits per heavy atom. The van der Waals surface area contributed by atoms with Crippen LogP contribution in [0.4, 0.5) is 4.39 Å². The van der Waals surface area contributed by atoms with E-state index in [4.69, 9.17) is 10.7 Å². The summed E-state index contributed by atoms with van der Waals surface area (Å²) in [5.74, 6) is -0.353. The molecule has 0 saturated heterocycles. The molecule has 0 bridgehead atoms. The first kappa shape index (κ1) is 16.4. The maximum absolute atomic E-state index is 13.2. The Balaban J connectivity index is 1.89. The van der Waals surface area contributed by atoms with Gasteiger partial charge in [-0.25, -0.2) is 14.4 Å². The number of benzene rings is 1. The number of carbonyl (C=O) groups is 1. The van der Waals surface area contributed by atoms with Crippen LogP contribution in [0.1, 0.15) is 28.0 Å². The molecule has 1 radical (unpaired) electrons. The Hall–Kier alpha value is -3.09. The number of halogens is 1. The molecule has 2 N–H and O–H groups in total. The van der Waals surface area contributed by atoms with E-state index in [-0.39, 0.29) is 5.82 Å². The molecule has 4 rings (SSSR count). The molecule has 26 heavy (non-hydrogen) atoms. The summed E-state index contributed by atoms with van der Waals surface area (Å²) in [6, 6.07) is 6.04. The summed E-state index contributed by atoms with van der Waals surface area (Å²) < 4.78 is 14.9. The number of rotatable bonds is 4. The molecule has 7 heteroatoms. The van der Waals surface area contributed by atoms with Gasteiger partial charge in [-0.1, -0.05) is 6.92 Å². The lowest BCUT2D eigenvalue weighted by Gasteiger charge is -2.18. The molecule has 0 saturated carbocycles. The lowest BCUT2D eigenvalue weighted by molar-refractivity contribution is 0.0994. The molecule has 0 aliphatic heterocycles. The molecule has 131 valence electrons. The average Bonchev–Trinajstić information content (AvgIpc) is 3.02. The van der Waals surface area contributed by atoms with Crippen molar-refractivity contribution in [1.29, 1.82) is 0 Å². The molecule has 2 heterocycles. The van der Waals surface area contributed by atoms with E-state index < -0.39 is 5.91 Å². The molecular weight excluding hydrogens is 333 g/mol. The van der Waals surface area contributed by atoms with Crippen molar-refractivity contribution in [2.75, 3.05) is 0 Å². The van der Waals surface area contributed by atoms with Gasteiger partial charge in [0.15, 0.2) is 11.5 Å². The Morgan fingerprint density at radius 1 is 1.27 bits per heavy atom. The minimum atomic E-state index is -0.541. The molecule has 2 aromatic heterocycles. The highest BCUT2D eigenvalue weighted by Crippen LogP contribution is 2.35. The molecule has 1 aliphatic carbocycles. The number of aromatic nitrogens is 4. The van der Waals surface area contributed by atoms with Crippen LogP contribution >= 0.6 is 0 Å². The molecular formula is C19H17FN5O. The van der Waals surface area contributed by atoms with Crippen molar-refractivity contribution in [3.63, 3.8) is 0 Å². The van der Waals surface area contributed by atoms with Gasteiger partial charge in [0.25, 0.3) is 5.91 Å². The maximum Gasteiger partial charge on any atom is 0.269 e. The fraction of sp³-hybridized carbons (Fsp3) is 0.211. The van der Waals surface area contributed by atoms with Crippen LogP contribution in [0.2, 0.25) is 0 Å². The molecule has 0 unspecified atom stereocenters. The molecule has 1 amide bonds. The highest BCUT2D eigenvalue weighted by molar-refractivity contribution is 5.94. The molecule has 1 aliphatic rings. The fourth-order valence-corrected chi connectivity index (χ4v) is 3.30. The lowest BCUT2D eigenvalue weighted by Crippen LogP contribution is -2.15. The predicted octanol–water partition coefficient (Wildman–Crippen LogP) is 2.57. The molecule has 0 atom stereocenters. The Bertz CT molecular complexity index is 994. The third kappa shape index (κ3) is 2.65. The normalized spacial score (nSPS) is 12.5. The van der Waals surface area contributed by atoms with Crippen LogP contribution in [-0.4, -0.2) is 25.7 Å². The van der Waals surface area contributed by atoms with Gasteiger partial charge in [-0.15, -0.1) is 0 Å². The second-order valence-corrected chi connectivity index (χ2v) is 6.19. The van der Waals surface area contributed by atoms with Crippen molar-refractivity contribution >= 4 is 5.91 Å². The zero-order valence-electron chi connectivity index (χ0n) is 14.1. The molecule has 0 fully saturated rings. The van der Waals surface area contributed by atoms with E-state index in [1.807, 2.05) is 0 Å². The third-order valence-electron chi connectivity index (χ3n) is 4.49. The topological polar surface area (TPSA) is 86.7 Å². The fourth-order valence-electron chi connectivity index (χ4n) is 3.30. The summed E-state index contributed by atoms with van der Waals surface area (Å²) >= 11 is 0. The van der Waals surface area contributed by atoms with Crippen LogP contribution in [0.3, 0.4) is 0 Å². The van der Waals surface area contributed by atoms with Gasteiger partial charge in [0.05, 0.1) is 11.4 Å². The summed E-state index contributed by atoms with van der Waals surface area (Å²) in [4.78, 5) is 20.9. The highest BCUT2D eigenvalue weighted by atomic mass is 19.1. The van der Waals surface area contributed by atoms with Gasteiger partial charge in [-0.3, -0.25) is 9.48 Å². The van der Waals surface area contributed by atoms with Crippen molar-refractivity contribution in [3.05, 3.63) is 60.0 Å². The smallest absolute Gasteiger partial charge is 0.269 e. The summed E-state index contributed by atoms with van der Waals surface area (Å²) in [6.45, 7) is 4.43.